The maximum absolute atomic E-state index is 13.4. The van der Waals surface area contributed by atoms with Gasteiger partial charge >= 0.3 is 35.5 Å². The summed E-state index contributed by atoms with van der Waals surface area (Å²) < 4.78 is 5.60. The number of aliphatic hydroxyl groups is 2. The van der Waals surface area contributed by atoms with E-state index in [2.05, 4.69) is 6.92 Å². The largest absolute Gasteiger partial charge is 1.00 e. The van der Waals surface area contributed by atoms with Crippen LogP contribution in [-0.2, 0) is 19.1 Å². The van der Waals surface area contributed by atoms with E-state index in [9.17, 15) is 29.7 Å². The van der Waals surface area contributed by atoms with E-state index < -0.39 is 35.0 Å². The molecule has 0 saturated heterocycles. The van der Waals surface area contributed by atoms with Gasteiger partial charge in [0.05, 0.1) is 23.7 Å². The minimum Gasteiger partial charge on any atom is -0.550 e. The van der Waals surface area contributed by atoms with Crippen LogP contribution in [-0.4, -0.2) is 45.7 Å². The molecule has 34 heavy (non-hydrogen) atoms. The van der Waals surface area contributed by atoms with E-state index in [1.54, 1.807) is 19.9 Å². The van der Waals surface area contributed by atoms with Crippen molar-refractivity contribution >= 4 is 17.7 Å². The zero-order valence-electron chi connectivity index (χ0n) is 21.1. The maximum atomic E-state index is 13.4. The number of carboxylic acid groups (broad SMARTS) is 1. The molecule has 4 rings (SSSR count). The fourth-order valence-corrected chi connectivity index (χ4v) is 8.03. The predicted molar refractivity (Wildman–Crippen MR) is 117 cm³/mol. The van der Waals surface area contributed by atoms with E-state index in [1.165, 1.54) is 0 Å². The second kappa shape index (κ2) is 9.62. The Bertz CT molecular complexity index is 884. The molecular formula is C26H37NaO7. The molecule has 8 heteroatoms. The van der Waals surface area contributed by atoms with Crippen LogP contribution in [0.15, 0.2) is 11.6 Å². The van der Waals surface area contributed by atoms with Crippen molar-refractivity contribution in [3.05, 3.63) is 11.6 Å². The third-order valence-corrected chi connectivity index (χ3v) is 9.78. The minimum absolute atomic E-state index is 0. The van der Waals surface area contributed by atoms with Crippen LogP contribution in [0.5, 0.6) is 0 Å². The molecule has 0 amide bonds. The summed E-state index contributed by atoms with van der Waals surface area (Å²) in [7, 11) is 0. The summed E-state index contributed by atoms with van der Waals surface area (Å²) in [6.45, 7) is 7.68. The number of hydrogen-bond donors (Lipinski definition) is 2. The van der Waals surface area contributed by atoms with Crippen molar-refractivity contribution in [2.24, 2.45) is 34.5 Å². The van der Waals surface area contributed by atoms with E-state index in [1.807, 2.05) is 6.92 Å². The van der Waals surface area contributed by atoms with E-state index in [-0.39, 0.29) is 77.5 Å². The van der Waals surface area contributed by atoms with Crippen molar-refractivity contribution in [3.63, 3.8) is 0 Å². The van der Waals surface area contributed by atoms with Crippen molar-refractivity contribution in [3.8, 4) is 0 Å². The van der Waals surface area contributed by atoms with Gasteiger partial charge in [-0.2, -0.15) is 0 Å². The van der Waals surface area contributed by atoms with E-state index >= 15 is 0 Å². The summed E-state index contributed by atoms with van der Waals surface area (Å²) in [4.78, 5) is 36.8. The van der Waals surface area contributed by atoms with Crippen molar-refractivity contribution in [2.75, 3.05) is 0 Å². The second-order valence-corrected chi connectivity index (χ2v) is 11.6. The number of rotatable bonds is 5. The number of carbonyl (C=O) groups is 3. The van der Waals surface area contributed by atoms with Gasteiger partial charge in [-0.25, -0.2) is 0 Å². The zero-order valence-corrected chi connectivity index (χ0v) is 23.1. The van der Waals surface area contributed by atoms with Gasteiger partial charge in [-0.05, 0) is 99.0 Å². The first-order valence-corrected chi connectivity index (χ1v) is 12.4. The number of aliphatic hydroxyl groups excluding tert-OH is 1. The predicted octanol–water partition coefficient (Wildman–Crippen LogP) is -1.07. The number of esters is 1. The van der Waals surface area contributed by atoms with Crippen molar-refractivity contribution < 1.29 is 64.0 Å². The average molecular weight is 485 g/mol. The third kappa shape index (κ3) is 4.23. The first-order valence-electron chi connectivity index (χ1n) is 12.4. The Morgan fingerprint density at radius 1 is 1.18 bits per heavy atom. The molecule has 4 aliphatic carbocycles. The summed E-state index contributed by atoms with van der Waals surface area (Å²) in [5.41, 5.74) is -1.46. The summed E-state index contributed by atoms with van der Waals surface area (Å²) in [6, 6.07) is 0. The summed E-state index contributed by atoms with van der Waals surface area (Å²) >= 11 is 0. The quantitative estimate of drug-likeness (QED) is 0.376. The van der Waals surface area contributed by atoms with Gasteiger partial charge in [-0.15, -0.1) is 0 Å². The fourth-order valence-electron chi connectivity index (χ4n) is 8.03. The van der Waals surface area contributed by atoms with Crippen LogP contribution in [0, 0.1) is 34.5 Å². The van der Waals surface area contributed by atoms with Gasteiger partial charge in [0.2, 0.25) is 0 Å². The molecule has 184 valence electrons. The molecule has 7 nitrogen and oxygen atoms in total. The third-order valence-electron chi connectivity index (χ3n) is 9.78. The SMILES string of the molecule is CC(C)OC(=O)[C@H]1C2C(CC[C@@]3(C)C2CC[C@@]3(O)CCC(=O)[O-])[C@@]2(C)CCC(=O)C=C2[C@@H]1O.[Na+]. The van der Waals surface area contributed by atoms with Crippen LogP contribution in [0.25, 0.3) is 0 Å². The first kappa shape index (κ1) is 27.9. The van der Waals surface area contributed by atoms with Crippen LogP contribution in [0.3, 0.4) is 0 Å². The van der Waals surface area contributed by atoms with Gasteiger partial charge in [0, 0.05) is 12.4 Å². The number of fused-ring (bicyclic) bond motifs is 5. The molecule has 3 saturated carbocycles. The number of ether oxygens (including phenoxy) is 1. The smallest absolute Gasteiger partial charge is 0.550 e. The summed E-state index contributed by atoms with van der Waals surface area (Å²) in [5, 5.41) is 34.3. The fraction of sp³-hybridized carbons (Fsp3) is 0.808. The van der Waals surface area contributed by atoms with E-state index in [0.717, 1.165) is 6.42 Å². The molecule has 0 spiro atoms. The number of hydrogen-bond acceptors (Lipinski definition) is 7. The zero-order chi connectivity index (χ0) is 24.3. The van der Waals surface area contributed by atoms with Gasteiger partial charge in [0.25, 0.3) is 0 Å². The van der Waals surface area contributed by atoms with E-state index in [0.29, 0.717) is 37.7 Å². The second-order valence-electron chi connectivity index (χ2n) is 11.6. The molecule has 0 radical (unpaired) electrons. The normalized spacial score (nSPS) is 43.2. The Hall–Kier alpha value is -0.730. The molecule has 3 fully saturated rings. The maximum Gasteiger partial charge on any atom is 1.00 e. The number of carbonyl (C=O) groups excluding carboxylic acids is 3. The van der Waals surface area contributed by atoms with Crippen molar-refractivity contribution in [2.45, 2.75) is 96.9 Å². The molecule has 8 atom stereocenters. The monoisotopic (exact) mass is 484 g/mol. The van der Waals surface area contributed by atoms with Gasteiger partial charge in [0.1, 0.15) is 0 Å². The number of ketones is 1. The summed E-state index contributed by atoms with van der Waals surface area (Å²) in [5.74, 6) is -2.65. The Balaban J connectivity index is 0.00000324. The minimum atomic E-state index is -1.18. The molecule has 0 bridgehead atoms. The molecule has 3 unspecified atom stereocenters. The number of carboxylic acids is 1. The van der Waals surface area contributed by atoms with Crippen molar-refractivity contribution in [1.82, 2.24) is 0 Å². The topological polar surface area (TPSA) is 124 Å². The molecule has 0 aromatic heterocycles. The Labute approximate surface area is 224 Å². The molecule has 2 N–H and O–H groups in total. The first-order chi connectivity index (χ1) is 15.3. The van der Waals surface area contributed by atoms with Crippen LogP contribution >= 0.6 is 0 Å². The van der Waals surface area contributed by atoms with Crippen LogP contribution < -0.4 is 34.7 Å². The molecular weight excluding hydrogens is 447 g/mol. The van der Waals surface area contributed by atoms with Gasteiger partial charge in [-0.3, -0.25) is 9.59 Å². The molecule has 4 aliphatic rings. The van der Waals surface area contributed by atoms with Gasteiger partial charge < -0.3 is 24.9 Å². The number of aliphatic carboxylic acids is 1. The van der Waals surface area contributed by atoms with E-state index in [4.69, 9.17) is 4.74 Å². The molecule has 0 aromatic rings. The van der Waals surface area contributed by atoms with Crippen LogP contribution in [0.4, 0.5) is 0 Å². The summed E-state index contributed by atoms with van der Waals surface area (Å²) in [6.07, 6.45) is 3.67. The van der Waals surface area contributed by atoms with Crippen LogP contribution in [0.2, 0.25) is 0 Å². The van der Waals surface area contributed by atoms with Gasteiger partial charge in [0.15, 0.2) is 5.78 Å². The Kier molecular flexibility index (Phi) is 7.88. The van der Waals surface area contributed by atoms with Gasteiger partial charge in [-0.1, -0.05) is 13.8 Å². The van der Waals surface area contributed by atoms with Crippen molar-refractivity contribution in [1.29, 1.82) is 0 Å². The molecule has 0 aromatic carbocycles. The van der Waals surface area contributed by atoms with Crippen LogP contribution in [0.1, 0.15) is 79.1 Å². The average Bonchev–Trinajstić information content (AvgIpc) is 2.99. The Morgan fingerprint density at radius 2 is 1.82 bits per heavy atom. The molecule has 0 aliphatic heterocycles. The Morgan fingerprint density at radius 3 is 2.44 bits per heavy atom. The standard InChI is InChI=1S/C26H38O7.Na/c1-14(2)33-23(31)21-20-16(24(3)9-5-15(27)13-18(24)22(21)30)6-10-25(4)17(20)7-11-26(25,32)12-8-19(28)29;/h13-14,16-17,20-22,30,32H,5-12H2,1-4H3,(H,28,29);/q;+1/p-1/t16?,17?,20?,21-,22-,24+,25-,26+;/m0./s1. The molecule has 0 heterocycles.